The van der Waals surface area contributed by atoms with Crippen LogP contribution in [0.15, 0.2) is 60.7 Å². The highest BCUT2D eigenvalue weighted by molar-refractivity contribution is 5.95. The van der Waals surface area contributed by atoms with Crippen LogP contribution >= 0.6 is 0 Å². The Morgan fingerprint density at radius 2 is 1.90 bits per heavy atom. The molecule has 12 heteroatoms. The second kappa shape index (κ2) is 13.7. The third kappa shape index (κ3) is 7.67. The lowest BCUT2D eigenvalue weighted by Gasteiger charge is -2.19. The van der Waals surface area contributed by atoms with Crippen molar-refractivity contribution in [2.45, 2.75) is 31.9 Å². The minimum absolute atomic E-state index is 0.0559. The Morgan fingerprint density at radius 3 is 2.76 bits per heavy atom. The summed E-state index contributed by atoms with van der Waals surface area (Å²) >= 11 is 0. The smallest absolute Gasteiger partial charge is 0.415 e. The normalized spacial score (nSPS) is 15.8. The molecule has 1 atom stereocenters. The minimum Gasteiger partial charge on any atom is -0.494 e. The van der Waals surface area contributed by atoms with Crippen LogP contribution in [0.4, 0.5) is 21.2 Å². The number of nitrogens with one attached hydrogen (secondary N) is 3. The molecular formula is C30H33N5O7. The summed E-state index contributed by atoms with van der Waals surface area (Å²) in [6, 6.07) is 19.5. The van der Waals surface area contributed by atoms with E-state index in [1.807, 2.05) is 30.3 Å². The molecular weight excluding hydrogens is 542 g/mol. The van der Waals surface area contributed by atoms with E-state index in [-0.39, 0.29) is 18.6 Å². The van der Waals surface area contributed by atoms with E-state index in [2.05, 4.69) is 39.1 Å². The van der Waals surface area contributed by atoms with Crippen LogP contribution in [0, 0.1) is 0 Å². The van der Waals surface area contributed by atoms with Crippen molar-refractivity contribution in [3.05, 3.63) is 66.2 Å². The highest BCUT2D eigenvalue weighted by atomic mass is 16.6. The van der Waals surface area contributed by atoms with Crippen LogP contribution in [0.25, 0.3) is 11.1 Å². The lowest BCUT2D eigenvalue weighted by molar-refractivity contribution is -0.118. The Bertz CT molecular complexity index is 1430. The van der Waals surface area contributed by atoms with E-state index in [0.717, 1.165) is 28.9 Å². The van der Waals surface area contributed by atoms with Gasteiger partial charge in [0.15, 0.2) is 18.2 Å². The number of anilines is 2. The van der Waals surface area contributed by atoms with Crippen molar-refractivity contribution in [1.82, 2.24) is 15.6 Å². The Balaban J connectivity index is 1.07. The molecule has 4 N–H and O–H groups in total. The van der Waals surface area contributed by atoms with Crippen molar-refractivity contribution < 1.29 is 33.7 Å². The molecule has 42 heavy (non-hydrogen) atoms. The van der Waals surface area contributed by atoms with Crippen LogP contribution < -0.4 is 30.3 Å². The van der Waals surface area contributed by atoms with Crippen molar-refractivity contribution in [2.75, 3.05) is 43.1 Å². The number of carbonyl (C=O) groups is 3. The summed E-state index contributed by atoms with van der Waals surface area (Å²) < 4.78 is 16.7. The summed E-state index contributed by atoms with van der Waals surface area (Å²) in [5.74, 6) is 1.65. The Morgan fingerprint density at radius 1 is 1.07 bits per heavy atom. The summed E-state index contributed by atoms with van der Waals surface area (Å²) in [4.78, 5) is 40.4. The number of carbonyl (C=O) groups excluding carboxylic acids is 2. The molecule has 5 rings (SSSR count). The number of hydrogen-bond acceptors (Lipinski definition) is 8. The number of aromatic nitrogens is 1. The molecule has 1 aromatic heterocycles. The number of fused-ring (bicyclic) bond motifs is 1. The van der Waals surface area contributed by atoms with E-state index in [1.165, 1.54) is 4.90 Å². The molecule has 2 aliphatic heterocycles. The van der Waals surface area contributed by atoms with Crippen molar-refractivity contribution in [1.29, 1.82) is 0 Å². The summed E-state index contributed by atoms with van der Waals surface area (Å²) in [7, 11) is 0. The van der Waals surface area contributed by atoms with Crippen LogP contribution in [0.2, 0.25) is 0 Å². The monoisotopic (exact) mass is 575 g/mol. The summed E-state index contributed by atoms with van der Waals surface area (Å²) in [5, 5.41) is 17.1. The largest absolute Gasteiger partial charge is 0.494 e. The van der Waals surface area contributed by atoms with Gasteiger partial charge in [0, 0.05) is 13.1 Å². The van der Waals surface area contributed by atoms with E-state index in [9.17, 15) is 14.4 Å². The van der Waals surface area contributed by atoms with Gasteiger partial charge in [0.2, 0.25) is 0 Å². The maximum Gasteiger partial charge on any atom is 0.415 e. The highest BCUT2D eigenvalue weighted by Gasteiger charge is 2.33. The zero-order valence-electron chi connectivity index (χ0n) is 23.0. The van der Waals surface area contributed by atoms with Gasteiger partial charge in [-0.15, -0.1) is 0 Å². The van der Waals surface area contributed by atoms with Gasteiger partial charge in [0.1, 0.15) is 17.7 Å². The highest BCUT2D eigenvalue weighted by Crippen LogP contribution is 2.30. The number of carboxylic acid groups (broad SMARTS) is 1. The van der Waals surface area contributed by atoms with Crippen LogP contribution in [0.5, 0.6) is 11.5 Å². The first-order chi connectivity index (χ1) is 20.4. The molecule has 3 aromatic rings. The van der Waals surface area contributed by atoms with E-state index >= 15 is 0 Å². The van der Waals surface area contributed by atoms with Crippen LogP contribution in [0.3, 0.4) is 0 Å². The topological polar surface area (TPSA) is 151 Å². The van der Waals surface area contributed by atoms with Crippen LogP contribution in [0.1, 0.15) is 24.8 Å². The van der Waals surface area contributed by atoms with Gasteiger partial charge in [-0.2, -0.15) is 0 Å². The Hall–Kier alpha value is -4.84. The fraction of sp³-hybridized carbons (Fsp3) is 0.333. The predicted molar refractivity (Wildman–Crippen MR) is 155 cm³/mol. The van der Waals surface area contributed by atoms with Crippen molar-refractivity contribution in [3.63, 3.8) is 0 Å². The van der Waals surface area contributed by atoms with Gasteiger partial charge in [0.05, 0.1) is 13.2 Å². The lowest BCUT2D eigenvalue weighted by atomic mass is 10.0. The molecule has 0 saturated carbocycles. The van der Waals surface area contributed by atoms with Crippen molar-refractivity contribution >= 4 is 29.7 Å². The van der Waals surface area contributed by atoms with E-state index in [0.29, 0.717) is 63.0 Å². The molecule has 1 saturated heterocycles. The molecule has 0 bridgehead atoms. The van der Waals surface area contributed by atoms with E-state index < -0.39 is 12.2 Å². The number of ether oxygens (including phenoxy) is 3. The van der Waals surface area contributed by atoms with Gasteiger partial charge in [-0.05, 0) is 72.8 Å². The number of unbranched alkanes of at least 4 members (excludes halogenated alkanes) is 1. The maximum absolute atomic E-state index is 12.5. The number of cyclic esters (lactones) is 1. The van der Waals surface area contributed by atoms with Crippen LogP contribution in [-0.4, -0.2) is 67.1 Å². The zero-order valence-corrected chi connectivity index (χ0v) is 23.0. The zero-order chi connectivity index (χ0) is 29.3. The molecule has 1 unspecified atom stereocenters. The second-order valence-corrected chi connectivity index (χ2v) is 9.95. The maximum atomic E-state index is 12.5. The fourth-order valence-electron chi connectivity index (χ4n) is 4.70. The number of nitrogens with zero attached hydrogens (tertiary/aromatic N) is 2. The van der Waals surface area contributed by atoms with Crippen molar-refractivity contribution in [2.24, 2.45) is 0 Å². The molecule has 1 fully saturated rings. The quantitative estimate of drug-likeness (QED) is 0.222. The van der Waals surface area contributed by atoms with Gasteiger partial charge >= 0.3 is 12.2 Å². The molecule has 2 aromatic carbocycles. The van der Waals surface area contributed by atoms with E-state index in [1.54, 1.807) is 12.1 Å². The first-order valence-electron chi connectivity index (χ1n) is 13.9. The molecule has 220 valence electrons. The van der Waals surface area contributed by atoms with Gasteiger partial charge in [0.25, 0.3) is 5.91 Å². The first kappa shape index (κ1) is 28.7. The number of hydrogen-bond donors (Lipinski definition) is 4. The minimum atomic E-state index is -1.01. The van der Waals surface area contributed by atoms with E-state index in [4.69, 9.17) is 19.3 Å². The Labute approximate surface area is 243 Å². The number of amides is 3. The molecule has 2 aliphatic rings. The summed E-state index contributed by atoms with van der Waals surface area (Å²) in [6.45, 7) is 2.55. The molecule has 3 amide bonds. The van der Waals surface area contributed by atoms with Gasteiger partial charge in [-0.25, -0.2) is 14.6 Å². The standard InChI is InChI=1S/C30H33N5O7/c36-27-19-41-25-9-10-26(33-28(25)34-27)35-18-24(42-30(35)39)11-13-31-17-20-5-3-6-21(15-20)22-7-4-8-23(16-22)40-14-2-1-12-32-29(37)38/h3-10,15-16,24,31-32H,1-2,11-14,17-19H2,(H,37,38)(H,33,34,36). The summed E-state index contributed by atoms with van der Waals surface area (Å²) in [5.41, 5.74) is 3.24. The number of rotatable bonds is 13. The lowest BCUT2D eigenvalue weighted by Crippen LogP contribution is -2.29. The first-order valence-corrected chi connectivity index (χ1v) is 13.9. The third-order valence-corrected chi connectivity index (χ3v) is 6.79. The van der Waals surface area contributed by atoms with Gasteiger partial charge in [-0.1, -0.05) is 30.3 Å². The van der Waals surface area contributed by atoms with Crippen molar-refractivity contribution in [3.8, 4) is 22.6 Å². The van der Waals surface area contributed by atoms with Gasteiger partial charge in [-0.3, -0.25) is 9.69 Å². The Kier molecular flexibility index (Phi) is 9.34. The molecule has 0 radical (unpaired) electrons. The molecule has 12 nitrogen and oxygen atoms in total. The second-order valence-electron chi connectivity index (χ2n) is 9.95. The predicted octanol–water partition coefficient (Wildman–Crippen LogP) is 4.01. The summed E-state index contributed by atoms with van der Waals surface area (Å²) in [6.07, 6.45) is 0.343. The van der Waals surface area contributed by atoms with Gasteiger partial charge < -0.3 is 35.3 Å². The fourth-order valence-corrected chi connectivity index (χ4v) is 4.70. The number of pyridine rings is 1. The van der Waals surface area contributed by atoms with Crippen LogP contribution in [-0.2, 0) is 16.1 Å². The third-order valence-electron chi connectivity index (χ3n) is 6.79. The average molecular weight is 576 g/mol. The average Bonchev–Trinajstić information content (AvgIpc) is 3.37. The number of benzene rings is 2. The molecule has 0 aliphatic carbocycles. The molecule has 0 spiro atoms. The SMILES string of the molecule is O=C(O)NCCCCOc1cccc(-c2cccc(CNCCC3CN(c4ccc5c(n4)NC(=O)CO5)C(=O)O3)c2)c1. The molecule has 3 heterocycles.